The van der Waals surface area contributed by atoms with Crippen LogP contribution in [0.2, 0.25) is 5.02 Å². The van der Waals surface area contributed by atoms with Crippen LogP contribution < -0.4 is 5.32 Å². The van der Waals surface area contributed by atoms with Gasteiger partial charge in [0.25, 0.3) is 0 Å². The van der Waals surface area contributed by atoms with Gasteiger partial charge in [0.1, 0.15) is 5.82 Å². The zero-order chi connectivity index (χ0) is 12.1. The molecule has 0 atom stereocenters. The summed E-state index contributed by atoms with van der Waals surface area (Å²) in [6, 6.07) is 3.63. The molecule has 2 amide bonds. The molecule has 0 bridgehead atoms. The van der Waals surface area contributed by atoms with Gasteiger partial charge < -0.3 is 10.2 Å². The zero-order valence-electron chi connectivity index (χ0n) is 9.26. The van der Waals surface area contributed by atoms with Gasteiger partial charge in [-0.3, -0.25) is 0 Å². The second-order valence-electron chi connectivity index (χ2n) is 3.23. The molecule has 0 spiro atoms. The van der Waals surface area contributed by atoms with Crippen LogP contribution in [0.4, 0.5) is 14.9 Å². The van der Waals surface area contributed by atoms with Crippen LogP contribution in [0.25, 0.3) is 0 Å². The molecular formula is C11H14ClFN2O. The number of carbonyl (C=O) groups excluding carboxylic acids is 1. The van der Waals surface area contributed by atoms with Crippen LogP contribution in [-0.2, 0) is 0 Å². The lowest BCUT2D eigenvalue weighted by molar-refractivity contribution is 0.217. The van der Waals surface area contributed by atoms with E-state index in [1.54, 1.807) is 4.90 Å². The third-order valence-corrected chi connectivity index (χ3v) is 2.54. The van der Waals surface area contributed by atoms with E-state index in [-0.39, 0.29) is 11.1 Å². The number of urea groups is 1. The van der Waals surface area contributed by atoms with Gasteiger partial charge in [-0.25, -0.2) is 9.18 Å². The third-order valence-electron chi connectivity index (χ3n) is 2.22. The number of benzene rings is 1. The first-order valence-corrected chi connectivity index (χ1v) is 5.47. The van der Waals surface area contributed by atoms with Gasteiger partial charge >= 0.3 is 6.03 Å². The summed E-state index contributed by atoms with van der Waals surface area (Å²) in [6.45, 7) is 4.99. The fourth-order valence-corrected chi connectivity index (χ4v) is 1.51. The van der Waals surface area contributed by atoms with Crippen molar-refractivity contribution in [2.45, 2.75) is 13.8 Å². The SMILES string of the molecule is CCN(CC)C(=O)Nc1ccc(F)cc1Cl. The summed E-state index contributed by atoms with van der Waals surface area (Å²) in [6.07, 6.45) is 0. The smallest absolute Gasteiger partial charge is 0.321 e. The number of carbonyl (C=O) groups is 1. The molecule has 1 aromatic rings. The highest BCUT2D eigenvalue weighted by Crippen LogP contribution is 2.22. The van der Waals surface area contributed by atoms with Crippen LogP contribution in [0.3, 0.4) is 0 Å². The van der Waals surface area contributed by atoms with E-state index in [2.05, 4.69) is 5.32 Å². The Morgan fingerprint density at radius 2 is 2.06 bits per heavy atom. The fraction of sp³-hybridized carbons (Fsp3) is 0.364. The molecule has 0 saturated carbocycles. The Bertz CT molecular complexity index is 380. The molecule has 0 aliphatic heterocycles. The summed E-state index contributed by atoms with van der Waals surface area (Å²) < 4.78 is 12.8. The van der Waals surface area contributed by atoms with Gasteiger partial charge in [0, 0.05) is 13.1 Å². The minimum absolute atomic E-state index is 0.195. The van der Waals surface area contributed by atoms with Crippen molar-refractivity contribution in [1.29, 1.82) is 0 Å². The molecule has 0 aromatic heterocycles. The molecule has 0 heterocycles. The Morgan fingerprint density at radius 3 is 2.56 bits per heavy atom. The van der Waals surface area contributed by atoms with E-state index in [4.69, 9.17) is 11.6 Å². The van der Waals surface area contributed by atoms with E-state index < -0.39 is 5.82 Å². The largest absolute Gasteiger partial charge is 0.325 e. The van der Waals surface area contributed by atoms with Gasteiger partial charge in [-0.05, 0) is 32.0 Å². The van der Waals surface area contributed by atoms with Crippen LogP contribution in [-0.4, -0.2) is 24.0 Å². The number of hydrogen-bond donors (Lipinski definition) is 1. The van der Waals surface area contributed by atoms with E-state index in [9.17, 15) is 9.18 Å². The first-order valence-electron chi connectivity index (χ1n) is 5.09. The summed E-state index contributed by atoms with van der Waals surface area (Å²) in [7, 11) is 0. The first-order chi connectivity index (χ1) is 7.58. The minimum atomic E-state index is -0.425. The highest BCUT2D eigenvalue weighted by molar-refractivity contribution is 6.33. The van der Waals surface area contributed by atoms with E-state index in [1.807, 2.05) is 13.8 Å². The Balaban J connectivity index is 2.76. The Morgan fingerprint density at radius 1 is 1.44 bits per heavy atom. The van der Waals surface area contributed by atoms with Gasteiger partial charge in [-0.15, -0.1) is 0 Å². The molecule has 1 aromatic carbocycles. The topological polar surface area (TPSA) is 32.3 Å². The minimum Gasteiger partial charge on any atom is -0.325 e. The van der Waals surface area contributed by atoms with E-state index in [1.165, 1.54) is 18.2 Å². The number of hydrogen-bond acceptors (Lipinski definition) is 1. The molecular weight excluding hydrogens is 231 g/mol. The molecule has 88 valence electrons. The molecule has 0 unspecified atom stereocenters. The molecule has 0 aliphatic rings. The van der Waals surface area contributed by atoms with Crippen molar-refractivity contribution >= 4 is 23.3 Å². The second kappa shape index (κ2) is 5.70. The second-order valence-corrected chi connectivity index (χ2v) is 3.63. The molecule has 0 radical (unpaired) electrons. The summed E-state index contributed by atoms with van der Waals surface area (Å²) in [4.78, 5) is 13.3. The maximum absolute atomic E-state index is 12.8. The number of nitrogens with one attached hydrogen (secondary N) is 1. The Labute approximate surface area is 99.2 Å². The third kappa shape index (κ3) is 3.10. The quantitative estimate of drug-likeness (QED) is 0.869. The number of anilines is 1. The Hall–Kier alpha value is -1.29. The summed E-state index contributed by atoms with van der Waals surface area (Å²) in [5.74, 6) is -0.425. The normalized spacial score (nSPS) is 10.0. The fourth-order valence-electron chi connectivity index (χ4n) is 1.30. The van der Waals surface area contributed by atoms with Gasteiger partial charge in [0.05, 0.1) is 10.7 Å². The van der Waals surface area contributed by atoms with Gasteiger partial charge in [-0.2, -0.15) is 0 Å². The van der Waals surface area contributed by atoms with Crippen molar-refractivity contribution in [2.24, 2.45) is 0 Å². The van der Waals surface area contributed by atoms with E-state index >= 15 is 0 Å². The number of amides is 2. The average Bonchev–Trinajstić information content (AvgIpc) is 2.24. The zero-order valence-corrected chi connectivity index (χ0v) is 10.0. The maximum Gasteiger partial charge on any atom is 0.321 e. The van der Waals surface area contributed by atoms with Crippen molar-refractivity contribution in [2.75, 3.05) is 18.4 Å². The van der Waals surface area contributed by atoms with Crippen molar-refractivity contribution in [3.63, 3.8) is 0 Å². The molecule has 5 heteroatoms. The van der Waals surface area contributed by atoms with Crippen molar-refractivity contribution < 1.29 is 9.18 Å². The monoisotopic (exact) mass is 244 g/mol. The summed E-state index contributed by atoms with van der Waals surface area (Å²) in [5, 5.41) is 2.82. The molecule has 16 heavy (non-hydrogen) atoms. The highest BCUT2D eigenvalue weighted by Gasteiger charge is 2.11. The van der Waals surface area contributed by atoms with Gasteiger partial charge in [-0.1, -0.05) is 11.6 Å². The standard InChI is InChI=1S/C11H14ClFN2O/c1-3-15(4-2)11(16)14-10-6-5-8(13)7-9(10)12/h5-7H,3-4H2,1-2H3,(H,14,16). The lowest BCUT2D eigenvalue weighted by Gasteiger charge is -2.19. The summed E-state index contributed by atoms with van der Waals surface area (Å²) in [5.41, 5.74) is 0.417. The van der Waals surface area contributed by atoms with Crippen molar-refractivity contribution in [3.8, 4) is 0 Å². The van der Waals surface area contributed by atoms with Gasteiger partial charge in [0.2, 0.25) is 0 Å². The predicted octanol–water partition coefficient (Wildman–Crippen LogP) is 3.35. The molecule has 1 N–H and O–H groups in total. The van der Waals surface area contributed by atoms with Crippen LogP contribution >= 0.6 is 11.6 Å². The van der Waals surface area contributed by atoms with Crippen LogP contribution in [0.1, 0.15) is 13.8 Å². The molecule has 0 fully saturated rings. The van der Waals surface area contributed by atoms with Gasteiger partial charge in [0.15, 0.2) is 0 Å². The van der Waals surface area contributed by atoms with Crippen LogP contribution in [0.15, 0.2) is 18.2 Å². The summed E-state index contributed by atoms with van der Waals surface area (Å²) >= 11 is 5.79. The number of halogens is 2. The molecule has 1 rings (SSSR count). The predicted molar refractivity (Wildman–Crippen MR) is 63.3 cm³/mol. The first kappa shape index (κ1) is 12.8. The van der Waals surface area contributed by atoms with Crippen molar-refractivity contribution in [3.05, 3.63) is 29.0 Å². The molecule has 0 saturated heterocycles. The van der Waals surface area contributed by atoms with E-state index in [0.717, 1.165) is 0 Å². The molecule has 0 aliphatic carbocycles. The van der Waals surface area contributed by atoms with Crippen LogP contribution in [0.5, 0.6) is 0 Å². The average molecular weight is 245 g/mol. The van der Waals surface area contributed by atoms with E-state index in [0.29, 0.717) is 18.8 Å². The number of nitrogens with zero attached hydrogens (tertiary/aromatic N) is 1. The molecule has 3 nitrogen and oxygen atoms in total. The lowest BCUT2D eigenvalue weighted by atomic mass is 10.3. The number of rotatable bonds is 3. The lowest BCUT2D eigenvalue weighted by Crippen LogP contribution is -2.34. The van der Waals surface area contributed by atoms with Crippen LogP contribution in [0, 0.1) is 5.82 Å². The highest BCUT2D eigenvalue weighted by atomic mass is 35.5. The Kier molecular flexibility index (Phi) is 4.55. The maximum atomic E-state index is 12.8. The van der Waals surface area contributed by atoms with Crippen molar-refractivity contribution in [1.82, 2.24) is 4.90 Å².